The van der Waals surface area contributed by atoms with E-state index in [2.05, 4.69) is 12.2 Å². The molecule has 4 nitrogen and oxygen atoms in total. The Morgan fingerprint density at radius 1 is 1.40 bits per heavy atom. The molecule has 0 aliphatic heterocycles. The third kappa shape index (κ3) is 6.79. The zero-order valence-electron chi connectivity index (χ0n) is 12.0. The molecule has 0 fully saturated rings. The maximum atomic E-state index is 11.1. The minimum absolute atomic E-state index is 0.0828. The molecule has 108 valence electrons. The lowest BCUT2D eigenvalue weighted by Gasteiger charge is -2.08. The second kappa shape index (κ2) is 9.85. The maximum absolute atomic E-state index is 11.1. The summed E-state index contributed by atoms with van der Waals surface area (Å²) in [6, 6.07) is 9.75. The van der Waals surface area contributed by atoms with Gasteiger partial charge in [-0.15, -0.1) is 0 Å². The molecular formula is C16H22N2O2. The number of ether oxygens (including phenoxy) is 1. The highest BCUT2D eigenvalue weighted by Gasteiger charge is 2.00. The van der Waals surface area contributed by atoms with Gasteiger partial charge in [0.2, 0.25) is 5.91 Å². The van der Waals surface area contributed by atoms with Crippen molar-refractivity contribution in [2.75, 3.05) is 13.2 Å². The first kappa shape index (κ1) is 16.0. The number of carbonyl (C=O) groups excluding carboxylic acids is 1. The van der Waals surface area contributed by atoms with Gasteiger partial charge in [-0.3, -0.25) is 4.79 Å². The average Bonchev–Trinajstić information content (AvgIpc) is 2.44. The fraction of sp³-hybridized carbons (Fsp3) is 0.500. The number of hydrogen-bond donors (Lipinski definition) is 1. The molecule has 1 rings (SSSR count). The van der Waals surface area contributed by atoms with Crippen molar-refractivity contribution in [2.24, 2.45) is 0 Å². The zero-order chi connectivity index (χ0) is 14.6. The van der Waals surface area contributed by atoms with Crippen molar-refractivity contribution in [3.05, 3.63) is 29.8 Å². The molecule has 0 atom stereocenters. The van der Waals surface area contributed by atoms with Gasteiger partial charge >= 0.3 is 0 Å². The van der Waals surface area contributed by atoms with Crippen molar-refractivity contribution in [3.8, 4) is 11.8 Å². The second-order valence-corrected chi connectivity index (χ2v) is 4.64. The highest BCUT2D eigenvalue weighted by molar-refractivity contribution is 5.77. The van der Waals surface area contributed by atoms with Crippen LogP contribution in [0.15, 0.2) is 24.3 Å². The molecule has 0 heterocycles. The number of nitrogens with zero attached hydrogens (tertiary/aromatic N) is 1. The van der Waals surface area contributed by atoms with Crippen LogP contribution in [0.4, 0.5) is 0 Å². The SMILES string of the molecule is CCCCCOc1cccc(CCNC(=O)CC#N)c1. The van der Waals surface area contributed by atoms with Crippen LogP contribution in [0.5, 0.6) is 5.75 Å². The fourth-order valence-corrected chi connectivity index (χ4v) is 1.81. The molecule has 0 aliphatic carbocycles. The number of benzene rings is 1. The molecule has 0 aliphatic rings. The number of unbranched alkanes of at least 4 members (excludes halogenated alkanes) is 2. The molecular weight excluding hydrogens is 252 g/mol. The van der Waals surface area contributed by atoms with E-state index in [0.717, 1.165) is 30.8 Å². The number of rotatable bonds is 9. The van der Waals surface area contributed by atoms with Crippen molar-refractivity contribution in [2.45, 2.75) is 39.0 Å². The van der Waals surface area contributed by atoms with Crippen LogP contribution in [0, 0.1) is 11.3 Å². The smallest absolute Gasteiger partial charge is 0.234 e. The van der Waals surface area contributed by atoms with Crippen LogP contribution in [-0.2, 0) is 11.2 Å². The molecule has 0 saturated heterocycles. The summed E-state index contributed by atoms with van der Waals surface area (Å²) in [6.07, 6.45) is 4.10. The molecule has 0 bridgehead atoms. The summed E-state index contributed by atoms with van der Waals surface area (Å²) in [4.78, 5) is 11.1. The molecule has 4 heteroatoms. The van der Waals surface area contributed by atoms with Crippen molar-refractivity contribution < 1.29 is 9.53 Å². The van der Waals surface area contributed by atoms with E-state index in [4.69, 9.17) is 10.00 Å². The van der Waals surface area contributed by atoms with E-state index in [9.17, 15) is 4.79 Å². The summed E-state index contributed by atoms with van der Waals surface area (Å²) in [5.41, 5.74) is 1.12. The number of nitriles is 1. The van der Waals surface area contributed by atoms with Gasteiger partial charge in [-0.05, 0) is 30.5 Å². The van der Waals surface area contributed by atoms with Crippen LogP contribution >= 0.6 is 0 Å². The lowest BCUT2D eigenvalue weighted by atomic mass is 10.1. The molecule has 0 spiro atoms. The van der Waals surface area contributed by atoms with Gasteiger partial charge < -0.3 is 10.1 Å². The van der Waals surface area contributed by atoms with E-state index in [1.807, 2.05) is 30.3 Å². The van der Waals surface area contributed by atoms with Gasteiger partial charge in [0, 0.05) is 6.54 Å². The van der Waals surface area contributed by atoms with Crippen molar-refractivity contribution in [3.63, 3.8) is 0 Å². The Morgan fingerprint density at radius 3 is 3.00 bits per heavy atom. The molecule has 20 heavy (non-hydrogen) atoms. The summed E-state index contributed by atoms with van der Waals surface area (Å²) < 4.78 is 5.68. The van der Waals surface area contributed by atoms with E-state index in [1.165, 1.54) is 12.8 Å². The topological polar surface area (TPSA) is 62.1 Å². The monoisotopic (exact) mass is 274 g/mol. The van der Waals surface area contributed by atoms with Gasteiger partial charge in [-0.1, -0.05) is 31.9 Å². The van der Waals surface area contributed by atoms with Crippen LogP contribution in [0.1, 0.15) is 38.2 Å². The quantitative estimate of drug-likeness (QED) is 0.704. The first-order chi connectivity index (χ1) is 9.76. The lowest BCUT2D eigenvalue weighted by molar-refractivity contribution is -0.120. The molecule has 1 amide bonds. The summed E-state index contributed by atoms with van der Waals surface area (Å²) in [5.74, 6) is 0.654. The number of amides is 1. The first-order valence-corrected chi connectivity index (χ1v) is 7.11. The summed E-state index contributed by atoms with van der Waals surface area (Å²) >= 11 is 0. The Bertz CT molecular complexity index is 452. The number of nitrogens with one attached hydrogen (secondary N) is 1. The van der Waals surface area contributed by atoms with Crippen LogP contribution < -0.4 is 10.1 Å². The Morgan fingerprint density at radius 2 is 2.25 bits per heavy atom. The van der Waals surface area contributed by atoms with E-state index < -0.39 is 0 Å². The van der Waals surface area contributed by atoms with E-state index in [0.29, 0.717) is 6.54 Å². The van der Waals surface area contributed by atoms with Gasteiger partial charge in [0.15, 0.2) is 0 Å². The maximum Gasteiger partial charge on any atom is 0.234 e. The van der Waals surface area contributed by atoms with Gasteiger partial charge in [0.1, 0.15) is 12.2 Å². The molecule has 1 aromatic rings. The third-order valence-corrected chi connectivity index (χ3v) is 2.89. The molecule has 0 aromatic heterocycles. The molecule has 0 saturated carbocycles. The van der Waals surface area contributed by atoms with E-state index in [-0.39, 0.29) is 12.3 Å². The standard InChI is InChI=1S/C16H22N2O2/c1-2-3-4-12-20-15-7-5-6-14(13-15)9-11-18-16(19)8-10-17/h5-7,13H,2-4,8-9,11-12H2,1H3,(H,18,19). The zero-order valence-corrected chi connectivity index (χ0v) is 12.0. The lowest BCUT2D eigenvalue weighted by Crippen LogP contribution is -2.24. The highest BCUT2D eigenvalue weighted by atomic mass is 16.5. The highest BCUT2D eigenvalue weighted by Crippen LogP contribution is 2.14. The molecule has 1 aromatic carbocycles. The van der Waals surface area contributed by atoms with E-state index >= 15 is 0 Å². The summed E-state index contributed by atoms with van der Waals surface area (Å²) in [5, 5.41) is 11.1. The Hall–Kier alpha value is -2.02. The van der Waals surface area contributed by atoms with E-state index in [1.54, 1.807) is 0 Å². The average molecular weight is 274 g/mol. The molecule has 0 radical (unpaired) electrons. The van der Waals surface area contributed by atoms with Crippen molar-refractivity contribution >= 4 is 5.91 Å². The van der Waals surface area contributed by atoms with Gasteiger partial charge in [0.05, 0.1) is 12.7 Å². The number of carbonyl (C=O) groups is 1. The predicted octanol–water partition coefficient (Wildman–Crippen LogP) is 2.83. The first-order valence-electron chi connectivity index (χ1n) is 7.11. The number of hydrogen-bond acceptors (Lipinski definition) is 3. The summed E-state index contributed by atoms with van der Waals surface area (Å²) in [7, 11) is 0. The molecule has 1 N–H and O–H groups in total. The normalized spacial score (nSPS) is 9.80. The van der Waals surface area contributed by atoms with Crippen LogP contribution in [0.2, 0.25) is 0 Å². The predicted molar refractivity (Wildman–Crippen MR) is 78.4 cm³/mol. The van der Waals surface area contributed by atoms with Gasteiger partial charge in [0.25, 0.3) is 0 Å². The largest absolute Gasteiger partial charge is 0.494 e. The van der Waals surface area contributed by atoms with Crippen LogP contribution in [0.3, 0.4) is 0 Å². The third-order valence-electron chi connectivity index (χ3n) is 2.89. The van der Waals surface area contributed by atoms with Gasteiger partial charge in [-0.25, -0.2) is 0 Å². The van der Waals surface area contributed by atoms with Crippen LogP contribution in [-0.4, -0.2) is 19.1 Å². The van der Waals surface area contributed by atoms with Crippen molar-refractivity contribution in [1.29, 1.82) is 5.26 Å². The molecule has 0 unspecified atom stereocenters. The fourth-order valence-electron chi connectivity index (χ4n) is 1.81. The van der Waals surface area contributed by atoms with Gasteiger partial charge in [-0.2, -0.15) is 5.26 Å². The Labute approximate surface area is 120 Å². The minimum atomic E-state index is -0.223. The van der Waals surface area contributed by atoms with Crippen LogP contribution in [0.25, 0.3) is 0 Å². The minimum Gasteiger partial charge on any atom is -0.494 e. The summed E-state index contributed by atoms with van der Waals surface area (Å²) in [6.45, 7) is 3.46. The van der Waals surface area contributed by atoms with Crippen molar-refractivity contribution in [1.82, 2.24) is 5.32 Å². The Kier molecular flexibility index (Phi) is 7.90. The Balaban J connectivity index is 2.32. The second-order valence-electron chi connectivity index (χ2n) is 4.64.